The topological polar surface area (TPSA) is 93.1 Å². The van der Waals surface area contributed by atoms with Gasteiger partial charge < -0.3 is 19.7 Å². The Hall–Kier alpha value is -3.02. The molecule has 23 heavy (non-hydrogen) atoms. The van der Waals surface area contributed by atoms with Crippen LogP contribution in [-0.2, 0) is 20.9 Å². The number of carbonyl (C=O) groups excluding carboxylic acids is 1. The zero-order chi connectivity index (χ0) is 16.8. The molecule has 0 bridgehead atoms. The fraction of sp³-hybridized carbons (Fsp3) is 0.176. The summed E-state index contributed by atoms with van der Waals surface area (Å²) in [6.07, 6.45) is 0. The minimum absolute atomic E-state index is 0.00973. The molecule has 120 valence electrons. The first-order chi connectivity index (χ1) is 11.0. The van der Waals surface area contributed by atoms with Gasteiger partial charge in [-0.2, -0.15) is 0 Å². The van der Waals surface area contributed by atoms with Crippen LogP contribution in [0.3, 0.4) is 0 Å². The van der Waals surface area contributed by atoms with Gasteiger partial charge in [-0.15, -0.1) is 0 Å². The van der Waals surface area contributed by atoms with Crippen LogP contribution in [0.25, 0.3) is 0 Å². The Morgan fingerprint density at radius 3 is 2.17 bits per heavy atom. The second-order valence-corrected chi connectivity index (χ2v) is 4.82. The van der Waals surface area contributed by atoms with Crippen LogP contribution in [-0.4, -0.2) is 29.3 Å². The third-order valence-electron chi connectivity index (χ3n) is 3.25. The Labute approximate surface area is 132 Å². The highest BCUT2D eigenvalue weighted by Gasteiger charge is 2.29. The Bertz CT molecular complexity index is 675. The molecule has 0 aliphatic rings. The zero-order valence-electron chi connectivity index (χ0n) is 12.4. The number of hydrogen-bond acceptors (Lipinski definition) is 5. The molecule has 2 aromatic rings. The molecule has 0 aliphatic carbocycles. The van der Waals surface area contributed by atoms with Gasteiger partial charge >= 0.3 is 11.9 Å². The van der Waals surface area contributed by atoms with Crippen molar-refractivity contribution in [1.82, 2.24) is 0 Å². The van der Waals surface area contributed by atoms with Gasteiger partial charge in [0, 0.05) is 0 Å². The average Bonchev–Trinajstić information content (AvgIpc) is 2.55. The van der Waals surface area contributed by atoms with Crippen molar-refractivity contribution in [3.63, 3.8) is 0 Å². The summed E-state index contributed by atoms with van der Waals surface area (Å²) in [6, 6.07) is 12.3. The molecule has 1 atom stereocenters. The number of benzene rings is 2. The number of carboxylic acid groups (broad SMARTS) is 1. The van der Waals surface area contributed by atoms with Gasteiger partial charge in [0.05, 0.1) is 7.11 Å². The van der Waals surface area contributed by atoms with E-state index in [1.165, 1.54) is 24.3 Å². The number of carbonyl (C=O) groups is 2. The maximum absolute atomic E-state index is 12.1. The lowest BCUT2D eigenvalue weighted by atomic mass is 9.99. The summed E-state index contributed by atoms with van der Waals surface area (Å²) in [5.41, 5.74) is 0.962. The molecule has 0 spiro atoms. The highest BCUT2D eigenvalue weighted by Crippen LogP contribution is 2.21. The number of hydrogen-bond donors (Lipinski definition) is 2. The van der Waals surface area contributed by atoms with Gasteiger partial charge in [-0.1, -0.05) is 24.3 Å². The highest BCUT2D eigenvalue weighted by molar-refractivity contribution is 5.99. The Kier molecular flexibility index (Phi) is 5.19. The molecule has 1 unspecified atom stereocenters. The van der Waals surface area contributed by atoms with Crippen LogP contribution in [0.4, 0.5) is 0 Å². The molecular weight excluding hydrogens is 300 g/mol. The van der Waals surface area contributed by atoms with Crippen molar-refractivity contribution < 1.29 is 29.3 Å². The quantitative estimate of drug-likeness (QED) is 0.627. The van der Waals surface area contributed by atoms with E-state index < -0.39 is 17.9 Å². The molecule has 0 aromatic heterocycles. The van der Waals surface area contributed by atoms with Crippen molar-refractivity contribution in [3.05, 3.63) is 59.7 Å². The number of rotatable bonds is 6. The minimum atomic E-state index is -1.44. The van der Waals surface area contributed by atoms with Crippen LogP contribution in [0.1, 0.15) is 17.0 Å². The monoisotopic (exact) mass is 316 g/mol. The number of aromatic hydroxyl groups is 1. The Morgan fingerprint density at radius 2 is 1.65 bits per heavy atom. The summed E-state index contributed by atoms with van der Waals surface area (Å²) in [6.45, 7) is -0.0370. The fourth-order valence-corrected chi connectivity index (χ4v) is 2.01. The van der Waals surface area contributed by atoms with Crippen LogP contribution in [0.2, 0.25) is 0 Å². The molecule has 0 fully saturated rings. The molecule has 6 heteroatoms. The van der Waals surface area contributed by atoms with Gasteiger partial charge in [0.15, 0.2) is 5.92 Å². The largest absolute Gasteiger partial charge is 0.508 e. The molecule has 0 amide bonds. The smallest absolute Gasteiger partial charge is 0.325 e. The Balaban J connectivity index is 2.06. The highest BCUT2D eigenvalue weighted by atomic mass is 16.5. The van der Waals surface area contributed by atoms with Crippen LogP contribution < -0.4 is 4.74 Å². The van der Waals surface area contributed by atoms with Crippen LogP contribution in [0, 0.1) is 0 Å². The summed E-state index contributed by atoms with van der Waals surface area (Å²) < 4.78 is 10.1. The van der Waals surface area contributed by atoms with Crippen molar-refractivity contribution in [1.29, 1.82) is 0 Å². The summed E-state index contributed by atoms with van der Waals surface area (Å²) >= 11 is 0. The molecule has 0 saturated heterocycles. The molecule has 0 aliphatic heterocycles. The number of phenols is 1. The maximum atomic E-state index is 12.1. The average molecular weight is 316 g/mol. The summed E-state index contributed by atoms with van der Waals surface area (Å²) in [5.74, 6) is -2.94. The van der Waals surface area contributed by atoms with Crippen LogP contribution >= 0.6 is 0 Å². The molecule has 0 saturated carbocycles. The second kappa shape index (κ2) is 7.31. The number of carboxylic acids is 1. The third kappa shape index (κ3) is 4.23. The van der Waals surface area contributed by atoms with E-state index >= 15 is 0 Å². The first-order valence-corrected chi connectivity index (χ1v) is 6.82. The second-order valence-electron chi connectivity index (χ2n) is 4.82. The Morgan fingerprint density at radius 1 is 1.04 bits per heavy atom. The van der Waals surface area contributed by atoms with E-state index in [1.54, 1.807) is 31.4 Å². The SMILES string of the molecule is COc1ccc(COC(=O)C(C(=O)O)c2ccc(O)cc2)cc1. The van der Waals surface area contributed by atoms with Gasteiger partial charge in [-0.05, 0) is 35.4 Å². The van der Waals surface area contributed by atoms with Gasteiger partial charge in [-0.25, -0.2) is 0 Å². The van der Waals surface area contributed by atoms with E-state index in [9.17, 15) is 19.8 Å². The van der Waals surface area contributed by atoms with Crippen LogP contribution in [0.15, 0.2) is 48.5 Å². The first-order valence-electron chi connectivity index (χ1n) is 6.82. The van der Waals surface area contributed by atoms with Gasteiger partial charge in [0.25, 0.3) is 0 Å². The fourth-order valence-electron chi connectivity index (χ4n) is 2.01. The van der Waals surface area contributed by atoms with Crippen molar-refractivity contribution in [2.75, 3.05) is 7.11 Å². The van der Waals surface area contributed by atoms with E-state index in [4.69, 9.17) is 9.47 Å². The lowest BCUT2D eigenvalue weighted by Crippen LogP contribution is -2.23. The van der Waals surface area contributed by atoms with Gasteiger partial charge in [0.1, 0.15) is 18.1 Å². The molecule has 2 N–H and O–H groups in total. The molecule has 6 nitrogen and oxygen atoms in total. The molecular formula is C17H16O6. The zero-order valence-corrected chi connectivity index (χ0v) is 12.4. The normalized spacial score (nSPS) is 11.5. The first kappa shape index (κ1) is 16.4. The summed E-state index contributed by atoms with van der Waals surface area (Å²) in [5, 5.41) is 18.5. The number of ether oxygens (including phenoxy) is 2. The van der Waals surface area contributed by atoms with Crippen molar-refractivity contribution >= 4 is 11.9 Å². The number of esters is 1. The molecule has 2 rings (SSSR count). The minimum Gasteiger partial charge on any atom is -0.508 e. The predicted octanol–water partition coefficient (Wildman–Crippen LogP) is 2.31. The van der Waals surface area contributed by atoms with E-state index in [1.807, 2.05) is 0 Å². The van der Waals surface area contributed by atoms with Gasteiger partial charge in [-0.3, -0.25) is 9.59 Å². The van der Waals surface area contributed by atoms with Crippen LogP contribution in [0.5, 0.6) is 11.5 Å². The molecule has 0 heterocycles. The van der Waals surface area contributed by atoms with Gasteiger partial charge in [0.2, 0.25) is 0 Å². The third-order valence-corrected chi connectivity index (χ3v) is 3.25. The number of aliphatic carboxylic acids is 1. The maximum Gasteiger partial charge on any atom is 0.325 e. The van der Waals surface area contributed by atoms with E-state index in [-0.39, 0.29) is 17.9 Å². The van der Waals surface area contributed by atoms with E-state index in [0.29, 0.717) is 11.3 Å². The lowest BCUT2D eigenvalue weighted by molar-refractivity contribution is -0.155. The van der Waals surface area contributed by atoms with Crippen molar-refractivity contribution in [3.8, 4) is 11.5 Å². The standard InChI is InChI=1S/C17H16O6/c1-22-14-8-2-11(3-9-14)10-23-17(21)15(16(19)20)12-4-6-13(18)7-5-12/h2-9,15,18H,10H2,1H3,(H,19,20). The molecule has 0 radical (unpaired) electrons. The number of methoxy groups -OCH3 is 1. The predicted molar refractivity (Wildman–Crippen MR) is 81.3 cm³/mol. The van der Waals surface area contributed by atoms with E-state index in [0.717, 1.165) is 0 Å². The van der Waals surface area contributed by atoms with Crippen molar-refractivity contribution in [2.45, 2.75) is 12.5 Å². The summed E-state index contributed by atoms with van der Waals surface area (Å²) in [4.78, 5) is 23.4. The summed E-state index contributed by atoms with van der Waals surface area (Å²) in [7, 11) is 1.55. The molecule has 2 aromatic carbocycles. The van der Waals surface area contributed by atoms with Crippen molar-refractivity contribution in [2.24, 2.45) is 0 Å². The number of phenolic OH excluding ortho intramolecular Hbond substituents is 1. The van der Waals surface area contributed by atoms with E-state index in [2.05, 4.69) is 0 Å². The lowest BCUT2D eigenvalue weighted by Gasteiger charge is -2.13.